The lowest BCUT2D eigenvalue weighted by atomic mass is 10.2. The number of carbonyl (C=O) groups excluding carboxylic acids is 2. The van der Waals surface area contributed by atoms with Gasteiger partial charge in [-0.05, 0) is 23.8 Å². The van der Waals surface area contributed by atoms with Crippen molar-refractivity contribution in [2.24, 2.45) is 0 Å². The van der Waals surface area contributed by atoms with Gasteiger partial charge in [0.1, 0.15) is 11.3 Å². The molecular weight excluding hydrogens is 357 g/mol. The number of carbonyl (C=O) groups is 2. The highest BCUT2D eigenvalue weighted by molar-refractivity contribution is 7.13. The molecule has 26 heavy (non-hydrogen) atoms. The smallest absolute Gasteiger partial charge is 0.246 e. The van der Waals surface area contributed by atoms with Crippen LogP contribution in [0.1, 0.15) is 5.56 Å². The van der Waals surface area contributed by atoms with Crippen LogP contribution in [0.2, 0.25) is 0 Å². The number of hydrogen-bond acceptors (Lipinski definition) is 6. The predicted molar refractivity (Wildman–Crippen MR) is 97.0 cm³/mol. The van der Waals surface area contributed by atoms with Gasteiger partial charge in [0.25, 0.3) is 0 Å². The van der Waals surface area contributed by atoms with E-state index >= 15 is 0 Å². The first-order valence-corrected chi connectivity index (χ1v) is 8.99. The highest BCUT2D eigenvalue weighted by atomic mass is 32.1. The van der Waals surface area contributed by atoms with Gasteiger partial charge in [-0.25, -0.2) is 4.39 Å². The largest absolute Gasteiger partial charge is 0.337 e. The van der Waals surface area contributed by atoms with Gasteiger partial charge < -0.3 is 4.90 Å². The molecule has 0 aliphatic carbocycles. The molecule has 2 amide bonds. The number of rotatable bonds is 5. The van der Waals surface area contributed by atoms with Crippen molar-refractivity contribution in [3.63, 3.8) is 0 Å². The Morgan fingerprint density at radius 1 is 1.27 bits per heavy atom. The maximum absolute atomic E-state index is 13.1. The van der Waals surface area contributed by atoms with E-state index in [4.69, 9.17) is 0 Å². The van der Waals surface area contributed by atoms with Crippen LogP contribution in [0, 0.1) is 5.82 Å². The van der Waals surface area contributed by atoms with Crippen LogP contribution < -0.4 is 5.32 Å². The van der Waals surface area contributed by atoms with Gasteiger partial charge in [-0.1, -0.05) is 23.5 Å². The molecule has 1 fully saturated rings. The summed E-state index contributed by atoms with van der Waals surface area (Å²) in [4.78, 5) is 27.9. The van der Waals surface area contributed by atoms with Gasteiger partial charge in [-0.15, -0.1) is 10.2 Å². The molecule has 9 heteroatoms. The van der Waals surface area contributed by atoms with Crippen LogP contribution in [-0.2, 0) is 9.59 Å². The van der Waals surface area contributed by atoms with Crippen LogP contribution in [0.25, 0.3) is 6.08 Å². The third-order valence-corrected chi connectivity index (χ3v) is 4.53. The minimum atomic E-state index is -0.333. The van der Waals surface area contributed by atoms with Crippen molar-refractivity contribution < 1.29 is 14.0 Å². The number of benzene rings is 1. The van der Waals surface area contributed by atoms with Crippen molar-refractivity contribution in [1.82, 2.24) is 20.0 Å². The van der Waals surface area contributed by atoms with E-state index in [1.54, 1.807) is 28.6 Å². The standard InChI is InChI=1S/C17H18FN5O2S/c18-14-3-1-2-13(10-14)4-5-16(25)23-8-6-22(7-9-23)11-15(24)20-17-21-19-12-26-17/h1-5,10,12H,6-9,11H2,(H,20,21,24)/b5-4+. The van der Waals surface area contributed by atoms with Gasteiger partial charge in [0.2, 0.25) is 16.9 Å². The molecule has 0 atom stereocenters. The Morgan fingerprint density at radius 2 is 2.08 bits per heavy atom. The average molecular weight is 375 g/mol. The number of piperazine rings is 1. The number of aromatic nitrogens is 2. The summed E-state index contributed by atoms with van der Waals surface area (Å²) in [6.45, 7) is 2.56. The third kappa shape index (κ3) is 5.17. The summed E-state index contributed by atoms with van der Waals surface area (Å²) in [7, 11) is 0. The maximum atomic E-state index is 13.1. The number of halogens is 1. The Morgan fingerprint density at radius 3 is 2.77 bits per heavy atom. The second kappa shape index (κ2) is 8.63. The summed E-state index contributed by atoms with van der Waals surface area (Å²) in [5, 5.41) is 10.6. The van der Waals surface area contributed by atoms with Gasteiger partial charge in [-0.3, -0.25) is 19.8 Å². The number of nitrogens with one attached hydrogen (secondary N) is 1. The van der Waals surface area contributed by atoms with E-state index in [9.17, 15) is 14.0 Å². The normalized spacial score (nSPS) is 15.3. The Bertz CT molecular complexity index is 788. The molecule has 136 valence electrons. The van der Waals surface area contributed by atoms with Gasteiger partial charge in [0.05, 0.1) is 6.54 Å². The molecule has 1 aliphatic rings. The Hall–Kier alpha value is -2.65. The highest BCUT2D eigenvalue weighted by Crippen LogP contribution is 2.09. The molecule has 0 bridgehead atoms. The van der Waals surface area contributed by atoms with Crippen molar-refractivity contribution in [3.8, 4) is 0 Å². The van der Waals surface area contributed by atoms with E-state index in [0.29, 0.717) is 36.9 Å². The first-order chi connectivity index (χ1) is 12.6. The number of nitrogens with zero attached hydrogens (tertiary/aromatic N) is 4. The topological polar surface area (TPSA) is 78.4 Å². The maximum Gasteiger partial charge on any atom is 0.246 e. The van der Waals surface area contributed by atoms with E-state index < -0.39 is 0 Å². The summed E-state index contributed by atoms with van der Waals surface area (Å²) in [5.41, 5.74) is 2.20. The SMILES string of the molecule is O=C(CN1CCN(C(=O)/C=C/c2cccc(F)c2)CC1)Nc1nncs1. The first-order valence-electron chi connectivity index (χ1n) is 8.11. The minimum absolute atomic E-state index is 0.118. The Kier molecular flexibility index (Phi) is 6.03. The molecule has 7 nitrogen and oxygen atoms in total. The zero-order valence-electron chi connectivity index (χ0n) is 14.0. The second-order valence-corrected chi connectivity index (χ2v) is 6.62. The zero-order chi connectivity index (χ0) is 18.4. The number of anilines is 1. The summed E-state index contributed by atoms with van der Waals surface area (Å²) in [5.74, 6) is -0.597. The second-order valence-electron chi connectivity index (χ2n) is 5.78. The lowest BCUT2D eigenvalue weighted by Gasteiger charge is -2.33. The van der Waals surface area contributed by atoms with Gasteiger partial charge in [0, 0.05) is 32.3 Å². The van der Waals surface area contributed by atoms with Crippen LogP contribution in [-0.4, -0.2) is 64.5 Å². The lowest BCUT2D eigenvalue weighted by molar-refractivity contribution is -0.127. The quantitative estimate of drug-likeness (QED) is 0.801. The minimum Gasteiger partial charge on any atom is -0.337 e. The van der Waals surface area contributed by atoms with Crippen molar-refractivity contribution >= 4 is 34.4 Å². The number of amides is 2. The summed E-state index contributed by atoms with van der Waals surface area (Å²) in [6.07, 6.45) is 3.06. The molecule has 2 heterocycles. The Labute approximate surface area is 154 Å². The van der Waals surface area contributed by atoms with Crippen LogP contribution in [0.15, 0.2) is 35.9 Å². The van der Waals surface area contributed by atoms with Crippen molar-refractivity contribution in [2.75, 3.05) is 38.0 Å². The molecule has 1 saturated heterocycles. The van der Waals surface area contributed by atoms with Crippen molar-refractivity contribution in [2.45, 2.75) is 0 Å². The molecule has 1 N–H and O–H groups in total. The molecule has 2 aromatic rings. The number of hydrogen-bond donors (Lipinski definition) is 1. The average Bonchev–Trinajstić information content (AvgIpc) is 3.13. The third-order valence-electron chi connectivity index (χ3n) is 3.92. The summed E-state index contributed by atoms with van der Waals surface area (Å²) in [6, 6.07) is 6.07. The molecule has 0 unspecified atom stereocenters. The van der Waals surface area contributed by atoms with Crippen LogP contribution in [0.3, 0.4) is 0 Å². The molecule has 1 aromatic heterocycles. The monoisotopic (exact) mass is 375 g/mol. The Balaban J connectivity index is 1.44. The fraction of sp³-hybridized carbons (Fsp3) is 0.294. The molecular formula is C17H18FN5O2S. The van der Waals surface area contributed by atoms with Gasteiger partial charge >= 0.3 is 0 Å². The van der Waals surface area contributed by atoms with Crippen molar-refractivity contribution in [1.29, 1.82) is 0 Å². The summed E-state index contributed by atoms with van der Waals surface area (Å²) < 4.78 is 13.1. The first kappa shape index (κ1) is 18.2. The van der Waals surface area contributed by atoms with Crippen molar-refractivity contribution in [3.05, 3.63) is 47.2 Å². The fourth-order valence-corrected chi connectivity index (χ4v) is 3.06. The fourth-order valence-electron chi connectivity index (χ4n) is 2.60. The van der Waals surface area contributed by atoms with Gasteiger partial charge in [-0.2, -0.15) is 0 Å². The van der Waals surface area contributed by atoms with E-state index in [-0.39, 0.29) is 24.2 Å². The van der Waals surface area contributed by atoms with E-state index in [1.807, 2.05) is 4.90 Å². The molecule has 0 radical (unpaired) electrons. The lowest BCUT2D eigenvalue weighted by Crippen LogP contribution is -2.50. The predicted octanol–water partition coefficient (Wildman–Crippen LogP) is 1.47. The van der Waals surface area contributed by atoms with Crippen LogP contribution >= 0.6 is 11.3 Å². The highest BCUT2D eigenvalue weighted by Gasteiger charge is 2.21. The van der Waals surface area contributed by atoms with Crippen LogP contribution in [0.4, 0.5) is 9.52 Å². The van der Waals surface area contributed by atoms with E-state index in [1.165, 1.54) is 29.5 Å². The molecule has 0 saturated carbocycles. The summed E-state index contributed by atoms with van der Waals surface area (Å²) >= 11 is 1.27. The van der Waals surface area contributed by atoms with E-state index in [2.05, 4.69) is 15.5 Å². The zero-order valence-corrected chi connectivity index (χ0v) is 14.8. The van der Waals surface area contributed by atoms with E-state index in [0.717, 1.165) is 0 Å². The molecule has 1 aliphatic heterocycles. The molecule has 0 spiro atoms. The van der Waals surface area contributed by atoms with Crippen LogP contribution in [0.5, 0.6) is 0 Å². The molecule has 3 rings (SSSR count). The van der Waals surface area contributed by atoms with Gasteiger partial charge in [0.15, 0.2) is 0 Å². The molecule has 1 aromatic carbocycles.